The van der Waals surface area contributed by atoms with Crippen LogP contribution in [0.3, 0.4) is 0 Å². The molecule has 1 heterocycles. The number of ketones is 1. The monoisotopic (exact) mass is 210 g/mol. The Morgan fingerprint density at radius 1 is 1.64 bits per heavy atom. The minimum Gasteiger partial charge on any atom is -0.496 e. The van der Waals surface area contributed by atoms with Gasteiger partial charge < -0.3 is 4.74 Å². The second-order valence-corrected chi connectivity index (χ2v) is 4.67. The van der Waals surface area contributed by atoms with E-state index in [2.05, 4.69) is 0 Å². The molecule has 0 unspecified atom stereocenters. The first kappa shape index (κ1) is 9.71. The van der Waals surface area contributed by atoms with E-state index in [1.165, 1.54) is 24.2 Å². The van der Waals surface area contributed by atoms with Crippen molar-refractivity contribution in [1.29, 1.82) is 0 Å². The van der Waals surface area contributed by atoms with Crippen LogP contribution >= 0.6 is 11.3 Å². The maximum absolute atomic E-state index is 11.7. The molecule has 1 aromatic heterocycles. The smallest absolute Gasteiger partial charge is 0.172 e. The molecule has 2 rings (SSSR count). The Hall–Kier alpha value is -0.830. The lowest BCUT2D eigenvalue weighted by Gasteiger charge is -1.95. The standard InChI is InChI=1S/C11H14O2S/c1-13-9-6-11(14-7-9)10(12)5-4-8-2-3-8/h6-8H,2-5H2,1H3. The van der Waals surface area contributed by atoms with Crippen LogP contribution in [0.15, 0.2) is 11.4 Å². The molecular formula is C11H14O2S. The quantitative estimate of drug-likeness (QED) is 0.698. The summed E-state index contributed by atoms with van der Waals surface area (Å²) < 4.78 is 5.04. The molecule has 1 aliphatic rings. The molecule has 0 radical (unpaired) electrons. The van der Waals surface area contributed by atoms with Gasteiger partial charge in [0, 0.05) is 17.9 Å². The molecule has 0 atom stereocenters. The molecule has 0 bridgehead atoms. The molecule has 0 spiro atoms. The fraction of sp³-hybridized carbons (Fsp3) is 0.545. The van der Waals surface area contributed by atoms with Crippen molar-refractivity contribution in [1.82, 2.24) is 0 Å². The minimum absolute atomic E-state index is 0.269. The number of Topliss-reactive ketones (excluding diaryl/α,β-unsaturated/α-hetero) is 1. The highest BCUT2D eigenvalue weighted by atomic mass is 32.1. The van der Waals surface area contributed by atoms with Crippen molar-refractivity contribution in [2.45, 2.75) is 25.7 Å². The molecule has 14 heavy (non-hydrogen) atoms. The average Bonchev–Trinajstić information content (AvgIpc) is 2.90. The summed E-state index contributed by atoms with van der Waals surface area (Å²) in [5, 5.41) is 1.88. The third-order valence-electron chi connectivity index (χ3n) is 2.56. The van der Waals surface area contributed by atoms with Crippen molar-refractivity contribution in [3.8, 4) is 5.75 Å². The summed E-state index contributed by atoms with van der Waals surface area (Å²) in [7, 11) is 1.63. The molecule has 2 nitrogen and oxygen atoms in total. The Morgan fingerprint density at radius 3 is 3.00 bits per heavy atom. The van der Waals surface area contributed by atoms with E-state index in [-0.39, 0.29) is 5.78 Å². The van der Waals surface area contributed by atoms with Gasteiger partial charge in [-0.05, 0) is 12.3 Å². The zero-order valence-corrected chi connectivity index (χ0v) is 9.10. The number of carbonyl (C=O) groups is 1. The molecule has 1 fully saturated rings. The molecular weight excluding hydrogens is 196 g/mol. The van der Waals surface area contributed by atoms with E-state index in [9.17, 15) is 4.79 Å². The molecule has 3 heteroatoms. The third kappa shape index (κ3) is 2.35. The Balaban J connectivity index is 1.88. The summed E-state index contributed by atoms with van der Waals surface area (Å²) in [6.45, 7) is 0. The molecule has 76 valence electrons. The molecule has 0 aliphatic heterocycles. The normalized spacial score (nSPS) is 15.5. The van der Waals surface area contributed by atoms with E-state index in [1.54, 1.807) is 7.11 Å². The van der Waals surface area contributed by atoms with Gasteiger partial charge in [0.25, 0.3) is 0 Å². The molecule has 0 amide bonds. The first-order valence-electron chi connectivity index (χ1n) is 4.95. The zero-order valence-electron chi connectivity index (χ0n) is 8.29. The summed E-state index contributed by atoms with van der Waals surface area (Å²) in [6, 6.07) is 1.83. The molecule has 0 N–H and O–H groups in total. The van der Waals surface area contributed by atoms with E-state index in [4.69, 9.17) is 4.74 Å². The van der Waals surface area contributed by atoms with Crippen LogP contribution in [0.25, 0.3) is 0 Å². The Labute approximate surface area is 87.9 Å². The van der Waals surface area contributed by atoms with Crippen LogP contribution < -0.4 is 4.74 Å². The number of thiophene rings is 1. The van der Waals surface area contributed by atoms with E-state index < -0.39 is 0 Å². The van der Waals surface area contributed by atoms with Crippen molar-refractivity contribution in [2.24, 2.45) is 5.92 Å². The highest BCUT2D eigenvalue weighted by Gasteiger charge is 2.22. The van der Waals surface area contributed by atoms with Gasteiger partial charge in [-0.3, -0.25) is 4.79 Å². The van der Waals surface area contributed by atoms with E-state index in [0.29, 0.717) is 6.42 Å². The molecule has 0 saturated heterocycles. The maximum Gasteiger partial charge on any atom is 0.172 e. The van der Waals surface area contributed by atoms with Gasteiger partial charge in [-0.2, -0.15) is 0 Å². The van der Waals surface area contributed by atoms with Gasteiger partial charge >= 0.3 is 0 Å². The number of ether oxygens (including phenoxy) is 1. The highest BCUT2D eigenvalue weighted by Crippen LogP contribution is 2.34. The second kappa shape index (κ2) is 4.13. The average molecular weight is 210 g/mol. The fourth-order valence-electron chi connectivity index (χ4n) is 1.44. The van der Waals surface area contributed by atoms with Crippen molar-refractivity contribution in [3.05, 3.63) is 16.3 Å². The Morgan fingerprint density at radius 2 is 2.43 bits per heavy atom. The minimum atomic E-state index is 0.269. The molecule has 1 saturated carbocycles. The van der Waals surface area contributed by atoms with Gasteiger partial charge in [0.05, 0.1) is 12.0 Å². The van der Waals surface area contributed by atoms with Gasteiger partial charge in [0.15, 0.2) is 5.78 Å². The number of hydrogen-bond donors (Lipinski definition) is 0. The summed E-state index contributed by atoms with van der Waals surface area (Å²) in [5.74, 6) is 1.90. The van der Waals surface area contributed by atoms with Crippen molar-refractivity contribution in [3.63, 3.8) is 0 Å². The summed E-state index contributed by atoms with van der Waals surface area (Å²) >= 11 is 1.48. The summed E-state index contributed by atoms with van der Waals surface area (Å²) in [4.78, 5) is 12.5. The topological polar surface area (TPSA) is 26.3 Å². The number of rotatable bonds is 5. The van der Waals surface area contributed by atoms with Crippen LogP contribution in [0.2, 0.25) is 0 Å². The van der Waals surface area contributed by atoms with Gasteiger partial charge in [-0.25, -0.2) is 0 Å². The zero-order chi connectivity index (χ0) is 9.97. The maximum atomic E-state index is 11.7. The van der Waals surface area contributed by atoms with Crippen LogP contribution in [-0.2, 0) is 0 Å². The van der Waals surface area contributed by atoms with E-state index in [0.717, 1.165) is 23.0 Å². The summed E-state index contributed by atoms with van der Waals surface area (Å²) in [6.07, 6.45) is 4.41. The molecule has 1 aromatic rings. The number of methoxy groups -OCH3 is 1. The van der Waals surface area contributed by atoms with Gasteiger partial charge in [-0.1, -0.05) is 12.8 Å². The van der Waals surface area contributed by atoms with Crippen LogP contribution in [0.5, 0.6) is 5.75 Å². The van der Waals surface area contributed by atoms with E-state index >= 15 is 0 Å². The van der Waals surface area contributed by atoms with Gasteiger partial charge in [0.2, 0.25) is 0 Å². The van der Waals surface area contributed by atoms with Crippen LogP contribution in [0, 0.1) is 5.92 Å². The fourth-order valence-corrected chi connectivity index (χ4v) is 2.26. The Kier molecular flexibility index (Phi) is 2.87. The number of carbonyl (C=O) groups excluding carboxylic acids is 1. The lowest BCUT2D eigenvalue weighted by molar-refractivity contribution is 0.0982. The van der Waals surface area contributed by atoms with Crippen LogP contribution in [-0.4, -0.2) is 12.9 Å². The van der Waals surface area contributed by atoms with Gasteiger partial charge in [0.1, 0.15) is 5.75 Å². The van der Waals surface area contributed by atoms with Crippen LogP contribution in [0.1, 0.15) is 35.4 Å². The second-order valence-electron chi connectivity index (χ2n) is 3.76. The van der Waals surface area contributed by atoms with Crippen molar-refractivity contribution >= 4 is 17.1 Å². The largest absolute Gasteiger partial charge is 0.496 e. The molecule has 0 aromatic carbocycles. The third-order valence-corrected chi connectivity index (χ3v) is 3.51. The Bertz CT molecular complexity index is 326. The van der Waals surface area contributed by atoms with Crippen molar-refractivity contribution in [2.75, 3.05) is 7.11 Å². The lowest BCUT2D eigenvalue weighted by atomic mass is 10.1. The first-order chi connectivity index (χ1) is 6.79. The first-order valence-corrected chi connectivity index (χ1v) is 5.83. The van der Waals surface area contributed by atoms with Crippen LogP contribution in [0.4, 0.5) is 0 Å². The van der Waals surface area contributed by atoms with E-state index in [1.807, 2.05) is 11.4 Å². The SMILES string of the molecule is COc1csc(C(=O)CCC2CC2)c1. The van der Waals surface area contributed by atoms with Crippen molar-refractivity contribution < 1.29 is 9.53 Å². The van der Waals surface area contributed by atoms with Gasteiger partial charge in [-0.15, -0.1) is 11.3 Å². The number of hydrogen-bond acceptors (Lipinski definition) is 3. The highest BCUT2D eigenvalue weighted by molar-refractivity contribution is 7.12. The molecule has 1 aliphatic carbocycles. The lowest BCUT2D eigenvalue weighted by Crippen LogP contribution is -1.96. The predicted octanol–water partition coefficient (Wildman–Crippen LogP) is 3.13. The summed E-state index contributed by atoms with van der Waals surface area (Å²) in [5.41, 5.74) is 0. The predicted molar refractivity (Wildman–Crippen MR) is 57.2 cm³/mol.